The average molecular weight is 476 g/mol. The monoisotopic (exact) mass is 476 g/mol. The van der Waals surface area contributed by atoms with Crippen LogP contribution in [-0.2, 0) is 9.84 Å². The van der Waals surface area contributed by atoms with Gasteiger partial charge in [0.2, 0.25) is 0 Å². The van der Waals surface area contributed by atoms with E-state index in [2.05, 4.69) is 38.8 Å². The molecule has 0 bridgehead atoms. The van der Waals surface area contributed by atoms with Crippen molar-refractivity contribution in [2.24, 2.45) is 4.99 Å². The van der Waals surface area contributed by atoms with E-state index in [-0.39, 0.29) is 24.0 Å². The second-order valence-corrected chi connectivity index (χ2v) is 9.53. The maximum Gasteiger partial charge on any atom is 0.193 e. The normalized spacial score (nSPS) is 25.7. The van der Waals surface area contributed by atoms with Crippen molar-refractivity contribution in [2.45, 2.75) is 18.6 Å². The number of aliphatic imine (C=N–C) groups is 1. The summed E-state index contributed by atoms with van der Waals surface area (Å²) >= 11 is 2.05. The molecule has 1 unspecified atom stereocenters. The molecular formula is C14H29IN4O2S2. The summed E-state index contributed by atoms with van der Waals surface area (Å²) in [6.07, 6.45) is 1.19. The summed E-state index contributed by atoms with van der Waals surface area (Å²) in [6.45, 7) is 7.33. The van der Waals surface area contributed by atoms with Gasteiger partial charge in [-0.3, -0.25) is 9.89 Å². The molecule has 0 spiro atoms. The molecule has 0 radical (unpaired) electrons. The van der Waals surface area contributed by atoms with E-state index < -0.39 is 9.84 Å². The van der Waals surface area contributed by atoms with Gasteiger partial charge in [0.05, 0.1) is 11.5 Å². The van der Waals surface area contributed by atoms with Gasteiger partial charge in [-0.2, -0.15) is 11.8 Å². The van der Waals surface area contributed by atoms with E-state index in [9.17, 15) is 8.42 Å². The van der Waals surface area contributed by atoms with Crippen molar-refractivity contribution in [1.29, 1.82) is 0 Å². The molecule has 136 valence electrons. The predicted octanol–water partition coefficient (Wildman–Crippen LogP) is 0.738. The molecule has 2 fully saturated rings. The molecule has 2 saturated heterocycles. The molecule has 0 saturated carbocycles. The average Bonchev–Trinajstić information content (AvgIpc) is 2.53. The maximum absolute atomic E-state index is 11.4. The van der Waals surface area contributed by atoms with Crippen LogP contribution in [0.2, 0.25) is 0 Å². The van der Waals surface area contributed by atoms with Crippen molar-refractivity contribution >= 4 is 51.5 Å². The Bertz CT molecular complexity index is 473. The number of hydrogen-bond acceptors (Lipinski definition) is 5. The van der Waals surface area contributed by atoms with Crippen molar-refractivity contribution < 1.29 is 8.42 Å². The number of nitrogens with one attached hydrogen (secondary N) is 1. The molecule has 0 aromatic carbocycles. The number of sulfone groups is 1. The molecule has 6 nitrogen and oxygen atoms in total. The van der Waals surface area contributed by atoms with Crippen molar-refractivity contribution in [3.05, 3.63) is 0 Å². The van der Waals surface area contributed by atoms with Gasteiger partial charge in [0.15, 0.2) is 15.8 Å². The Morgan fingerprint density at radius 2 is 2.00 bits per heavy atom. The van der Waals surface area contributed by atoms with E-state index in [0.717, 1.165) is 37.9 Å². The lowest BCUT2D eigenvalue weighted by Crippen LogP contribution is -2.50. The van der Waals surface area contributed by atoms with Crippen molar-refractivity contribution in [2.75, 3.05) is 63.6 Å². The van der Waals surface area contributed by atoms with Gasteiger partial charge in [-0.1, -0.05) is 6.92 Å². The minimum atomic E-state index is -2.78. The highest BCUT2D eigenvalue weighted by molar-refractivity contribution is 14.0. The highest BCUT2D eigenvalue weighted by atomic mass is 127. The second kappa shape index (κ2) is 10.3. The fourth-order valence-corrected chi connectivity index (χ4v) is 5.25. The van der Waals surface area contributed by atoms with E-state index in [4.69, 9.17) is 0 Å². The van der Waals surface area contributed by atoms with Crippen LogP contribution in [0.4, 0.5) is 0 Å². The fourth-order valence-electron chi connectivity index (χ4n) is 2.79. The van der Waals surface area contributed by atoms with Crippen LogP contribution in [0.25, 0.3) is 0 Å². The largest absolute Gasteiger partial charge is 0.355 e. The van der Waals surface area contributed by atoms with E-state index in [1.807, 2.05) is 7.05 Å². The summed E-state index contributed by atoms with van der Waals surface area (Å²) in [7, 11) is -0.952. The third-order valence-corrected chi connectivity index (χ3v) is 7.23. The number of guanidine groups is 1. The quantitative estimate of drug-likeness (QED) is 0.367. The summed E-state index contributed by atoms with van der Waals surface area (Å²) in [5.41, 5.74) is 0. The highest BCUT2D eigenvalue weighted by Gasteiger charge is 2.23. The molecule has 0 aromatic rings. The van der Waals surface area contributed by atoms with Crippen molar-refractivity contribution in [1.82, 2.24) is 15.1 Å². The summed E-state index contributed by atoms with van der Waals surface area (Å²) in [4.78, 5) is 8.94. The number of nitrogens with zero attached hydrogens (tertiary/aromatic N) is 3. The molecule has 2 heterocycles. The summed E-state index contributed by atoms with van der Waals surface area (Å²) in [5, 5.41) is 4.12. The van der Waals surface area contributed by atoms with Gasteiger partial charge in [-0.15, -0.1) is 24.0 Å². The fraction of sp³-hybridized carbons (Fsp3) is 0.929. The van der Waals surface area contributed by atoms with Crippen LogP contribution in [0.5, 0.6) is 0 Å². The first-order valence-corrected chi connectivity index (χ1v) is 10.9. The Morgan fingerprint density at radius 3 is 2.61 bits per heavy atom. The van der Waals surface area contributed by atoms with Gasteiger partial charge in [-0.25, -0.2) is 8.42 Å². The number of rotatable bonds is 4. The van der Waals surface area contributed by atoms with Gasteiger partial charge >= 0.3 is 0 Å². The minimum Gasteiger partial charge on any atom is -0.355 e. The smallest absolute Gasteiger partial charge is 0.193 e. The minimum absolute atomic E-state index is 0. The molecule has 9 heteroatoms. The Morgan fingerprint density at radius 1 is 1.30 bits per heavy atom. The molecule has 0 aromatic heterocycles. The van der Waals surface area contributed by atoms with Gasteiger partial charge in [0.1, 0.15) is 0 Å². The van der Waals surface area contributed by atoms with Gasteiger partial charge < -0.3 is 10.2 Å². The lowest BCUT2D eigenvalue weighted by molar-refractivity contribution is 0.297. The molecule has 23 heavy (non-hydrogen) atoms. The first-order valence-electron chi connectivity index (χ1n) is 8.04. The molecule has 0 aliphatic carbocycles. The summed E-state index contributed by atoms with van der Waals surface area (Å²) in [6, 6.07) is 0. The zero-order valence-corrected chi connectivity index (χ0v) is 18.0. The first-order chi connectivity index (χ1) is 10.5. The van der Waals surface area contributed by atoms with E-state index >= 15 is 0 Å². The lowest BCUT2D eigenvalue weighted by atomic mass is 10.3. The molecule has 0 amide bonds. The van der Waals surface area contributed by atoms with Crippen LogP contribution in [0.3, 0.4) is 0 Å². The van der Waals surface area contributed by atoms with Crippen LogP contribution >= 0.6 is 35.7 Å². The van der Waals surface area contributed by atoms with Gasteiger partial charge in [0, 0.05) is 57.3 Å². The number of thioether (sulfide) groups is 1. The SMILES string of the molecule is CCC1CN(C(=NC)NCCN2CCS(=O)(=O)CC2)CCS1.I. The third kappa shape index (κ3) is 6.95. The predicted molar refractivity (Wildman–Crippen MR) is 110 cm³/mol. The maximum atomic E-state index is 11.4. The van der Waals surface area contributed by atoms with E-state index in [1.54, 1.807) is 0 Å². The van der Waals surface area contributed by atoms with Gasteiger partial charge in [-0.05, 0) is 6.42 Å². The molecule has 1 atom stereocenters. The molecule has 2 rings (SSSR count). The lowest BCUT2D eigenvalue weighted by Gasteiger charge is -2.34. The molecular weight excluding hydrogens is 447 g/mol. The van der Waals surface area contributed by atoms with E-state index in [0.29, 0.717) is 29.8 Å². The van der Waals surface area contributed by atoms with Crippen LogP contribution in [-0.4, -0.2) is 93.0 Å². The van der Waals surface area contributed by atoms with Crippen LogP contribution in [0.1, 0.15) is 13.3 Å². The van der Waals surface area contributed by atoms with E-state index in [1.165, 1.54) is 6.42 Å². The number of hydrogen-bond donors (Lipinski definition) is 1. The summed E-state index contributed by atoms with van der Waals surface area (Å²) < 4.78 is 22.8. The second-order valence-electron chi connectivity index (χ2n) is 5.81. The number of halogens is 1. The van der Waals surface area contributed by atoms with Crippen LogP contribution in [0.15, 0.2) is 4.99 Å². The molecule has 2 aliphatic heterocycles. The Labute approximate surface area is 161 Å². The zero-order valence-electron chi connectivity index (χ0n) is 14.0. The Kier molecular flexibility index (Phi) is 9.54. The third-order valence-electron chi connectivity index (χ3n) is 4.25. The van der Waals surface area contributed by atoms with Crippen molar-refractivity contribution in [3.63, 3.8) is 0 Å². The van der Waals surface area contributed by atoms with Crippen molar-refractivity contribution in [3.8, 4) is 0 Å². The van der Waals surface area contributed by atoms with Crippen LogP contribution in [0, 0.1) is 0 Å². The zero-order chi connectivity index (χ0) is 16.0. The van der Waals surface area contributed by atoms with Gasteiger partial charge in [0.25, 0.3) is 0 Å². The Hall–Kier alpha value is 0.260. The topological polar surface area (TPSA) is 65.0 Å². The first kappa shape index (κ1) is 21.3. The molecule has 2 aliphatic rings. The summed E-state index contributed by atoms with van der Waals surface area (Å²) in [5.74, 6) is 2.72. The van der Waals surface area contributed by atoms with Crippen LogP contribution < -0.4 is 5.32 Å². The highest BCUT2D eigenvalue weighted by Crippen LogP contribution is 2.20. The Balaban J connectivity index is 0.00000264. The molecule has 1 N–H and O–H groups in total. The standard InChI is InChI=1S/C14H28N4O2S2.HI/c1-3-13-12-18(6-9-21-13)14(15-2)16-4-5-17-7-10-22(19,20)11-8-17;/h13H,3-12H2,1-2H3,(H,15,16);1H.